The van der Waals surface area contributed by atoms with E-state index in [1.54, 1.807) is 6.07 Å². The van der Waals surface area contributed by atoms with Gasteiger partial charge >= 0.3 is 0 Å². The number of nitrogens with zero attached hydrogens (tertiary/aromatic N) is 2. The molecule has 4 nitrogen and oxygen atoms in total. The van der Waals surface area contributed by atoms with Crippen LogP contribution in [0, 0.1) is 5.82 Å². The van der Waals surface area contributed by atoms with E-state index in [0.717, 1.165) is 16.6 Å². The van der Waals surface area contributed by atoms with Crippen molar-refractivity contribution in [1.29, 1.82) is 0 Å². The summed E-state index contributed by atoms with van der Waals surface area (Å²) >= 11 is 0. The molecule has 1 N–H and O–H groups in total. The molecular weight excluding hydrogens is 209 g/mol. The fraction of sp³-hybridized carbons (Fsp3) is 0.364. The minimum atomic E-state index is -0.247. The summed E-state index contributed by atoms with van der Waals surface area (Å²) in [5.41, 5.74) is 1.71. The Morgan fingerprint density at radius 1 is 1.56 bits per heavy atom. The second-order valence-corrected chi connectivity index (χ2v) is 3.81. The Hall–Kier alpha value is -1.46. The van der Waals surface area contributed by atoms with Crippen LogP contribution in [0.15, 0.2) is 18.2 Å². The zero-order valence-electron chi connectivity index (χ0n) is 8.90. The number of nitrogens with one attached hydrogen (secondary N) is 1. The third kappa shape index (κ3) is 1.32. The van der Waals surface area contributed by atoms with Crippen molar-refractivity contribution in [2.75, 3.05) is 13.7 Å². The topological polar surface area (TPSA) is 39.1 Å². The zero-order valence-corrected chi connectivity index (χ0v) is 8.90. The van der Waals surface area contributed by atoms with Crippen molar-refractivity contribution in [2.45, 2.75) is 12.8 Å². The Labute approximate surface area is 92.0 Å². The Morgan fingerprint density at radius 3 is 3.25 bits per heavy atom. The quantitative estimate of drug-likeness (QED) is 0.791. The van der Waals surface area contributed by atoms with Gasteiger partial charge in [0.1, 0.15) is 5.82 Å². The van der Waals surface area contributed by atoms with Crippen LogP contribution >= 0.6 is 0 Å². The lowest BCUT2D eigenvalue weighted by Crippen LogP contribution is -2.29. The summed E-state index contributed by atoms with van der Waals surface area (Å²) in [6, 6.07) is 4.63. The van der Waals surface area contributed by atoms with Crippen molar-refractivity contribution in [3.63, 3.8) is 0 Å². The average molecular weight is 221 g/mol. The van der Waals surface area contributed by atoms with Crippen LogP contribution in [0.2, 0.25) is 0 Å². The molecule has 1 aromatic heterocycles. The Morgan fingerprint density at radius 2 is 2.44 bits per heavy atom. The highest BCUT2D eigenvalue weighted by Gasteiger charge is 2.24. The molecule has 0 saturated carbocycles. The van der Waals surface area contributed by atoms with Gasteiger partial charge in [-0.2, -0.15) is 5.10 Å². The summed E-state index contributed by atoms with van der Waals surface area (Å²) in [5.74, 6) is -0.247. The highest BCUT2D eigenvalue weighted by Crippen LogP contribution is 2.28. The molecule has 16 heavy (non-hydrogen) atoms. The van der Waals surface area contributed by atoms with Crippen LogP contribution in [-0.2, 0) is 11.3 Å². The van der Waals surface area contributed by atoms with E-state index < -0.39 is 0 Å². The Kier molecular flexibility index (Phi) is 2.15. The van der Waals surface area contributed by atoms with E-state index in [0.29, 0.717) is 13.2 Å². The van der Waals surface area contributed by atoms with Crippen molar-refractivity contribution in [3.05, 3.63) is 29.7 Å². The number of rotatable bonds is 1. The maximum Gasteiger partial charge on any atom is 0.151 e. The molecule has 1 aromatic carbocycles. The molecule has 0 saturated heterocycles. The highest BCUT2D eigenvalue weighted by atomic mass is 19.1. The number of halogens is 1. The van der Waals surface area contributed by atoms with E-state index in [-0.39, 0.29) is 12.0 Å². The molecule has 1 aliphatic rings. The maximum atomic E-state index is 13.2. The van der Waals surface area contributed by atoms with Crippen LogP contribution in [0.3, 0.4) is 0 Å². The van der Waals surface area contributed by atoms with Crippen LogP contribution < -0.4 is 5.32 Å². The molecule has 3 rings (SSSR count). The molecule has 1 atom stereocenters. The summed E-state index contributed by atoms with van der Waals surface area (Å²) in [6.07, 6.45) is -0.208. The van der Waals surface area contributed by atoms with Crippen LogP contribution in [0.5, 0.6) is 0 Å². The normalized spacial score (nSPS) is 20.0. The Balaban J connectivity index is 2.27. The Bertz CT molecular complexity index is 537. The number of hydrogen-bond donors (Lipinski definition) is 1. The summed E-state index contributed by atoms with van der Waals surface area (Å²) in [4.78, 5) is 0. The van der Waals surface area contributed by atoms with Crippen molar-refractivity contribution in [1.82, 2.24) is 15.1 Å². The molecule has 1 unspecified atom stereocenters. The largest absolute Gasteiger partial charge is 0.356 e. The van der Waals surface area contributed by atoms with Crippen molar-refractivity contribution in [2.24, 2.45) is 0 Å². The average Bonchev–Trinajstić information content (AvgIpc) is 2.66. The molecule has 0 radical (unpaired) electrons. The van der Waals surface area contributed by atoms with Gasteiger partial charge in [-0.3, -0.25) is 10.00 Å². The van der Waals surface area contributed by atoms with Crippen molar-refractivity contribution < 1.29 is 9.13 Å². The number of benzene rings is 1. The first-order valence-electron chi connectivity index (χ1n) is 5.24. The molecule has 0 amide bonds. The molecule has 84 valence electrons. The van der Waals surface area contributed by atoms with Crippen molar-refractivity contribution >= 4 is 10.9 Å². The minimum Gasteiger partial charge on any atom is -0.356 e. The van der Waals surface area contributed by atoms with Gasteiger partial charge in [-0.15, -0.1) is 0 Å². The van der Waals surface area contributed by atoms with Gasteiger partial charge in [0.25, 0.3) is 0 Å². The van der Waals surface area contributed by atoms with E-state index in [9.17, 15) is 4.39 Å². The number of hydrogen-bond acceptors (Lipinski definition) is 3. The highest BCUT2D eigenvalue weighted by molar-refractivity contribution is 5.82. The second-order valence-electron chi connectivity index (χ2n) is 3.81. The molecule has 2 aromatic rings. The third-order valence-electron chi connectivity index (χ3n) is 2.84. The lowest BCUT2D eigenvalue weighted by atomic mass is 10.2. The summed E-state index contributed by atoms with van der Waals surface area (Å²) in [6.45, 7) is 1.33. The van der Waals surface area contributed by atoms with Crippen molar-refractivity contribution in [3.8, 4) is 0 Å². The number of ether oxygens (including phenoxy) is 1. The van der Waals surface area contributed by atoms with E-state index in [1.807, 2.05) is 11.7 Å². The SMILES string of the molecule is CNC1OCCn2nc3ccc(F)cc3c21. The molecule has 1 aliphatic heterocycles. The summed E-state index contributed by atoms with van der Waals surface area (Å²) < 4.78 is 20.7. The zero-order chi connectivity index (χ0) is 11.1. The number of aromatic nitrogens is 2. The second kappa shape index (κ2) is 3.54. The molecule has 0 bridgehead atoms. The third-order valence-corrected chi connectivity index (χ3v) is 2.84. The predicted octanol–water partition coefficient (Wildman–Crippen LogP) is 1.42. The fourth-order valence-corrected chi connectivity index (χ4v) is 2.13. The van der Waals surface area contributed by atoms with E-state index in [2.05, 4.69) is 10.4 Å². The van der Waals surface area contributed by atoms with Gasteiger partial charge in [-0.05, 0) is 25.2 Å². The molecular formula is C11H12FN3O. The first-order chi connectivity index (χ1) is 7.79. The van der Waals surface area contributed by atoms with Crippen LogP contribution in [0.4, 0.5) is 4.39 Å². The molecule has 0 aliphatic carbocycles. The number of fused-ring (bicyclic) bond motifs is 3. The van der Waals surface area contributed by atoms with Gasteiger partial charge < -0.3 is 4.74 Å². The monoisotopic (exact) mass is 221 g/mol. The first kappa shape index (κ1) is 9.74. The molecule has 0 spiro atoms. The van der Waals surface area contributed by atoms with Crippen LogP contribution in [0.25, 0.3) is 10.9 Å². The van der Waals surface area contributed by atoms with Crippen LogP contribution in [-0.4, -0.2) is 23.4 Å². The fourth-order valence-electron chi connectivity index (χ4n) is 2.13. The van der Waals surface area contributed by atoms with Gasteiger partial charge in [-0.1, -0.05) is 0 Å². The van der Waals surface area contributed by atoms with Gasteiger partial charge in [0.15, 0.2) is 6.23 Å². The van der Waals surface area contributed by atoms with Gasteiger partial charge in [0.2, 0.25) is 0 Å². The first-order valence-corrected chi connectivity index (χ1v) is 5.24. The molecule has 2 heterocycles. The van der Waals surface area contributed by atoms with Gasteiger partial charge in [0.05, 0.1) is 24.4 Å². The lowest BCUT2D eigenvalue weighted by molar-refractivity contribution is 0.000982. The van der Waals surface area contributed by atoms with Crippen LogP contribution in [0.1, 0.15) is 11.9 Å². The van der Waals surface area contributed by atoms with E-state index in [4.69, 9.17) is 4.74 Å². The van der Waals surface area contributed by atoms with E-state index in [1.165, 1.54) is 12.1 Å². The predicted molar refractivity (Wildman–Crippen MR) is 57.4 cm³/mol. The summed E-state index contributed by atoms with van der Waals surface area (Å²) in [5, 5.41) is 8.29. The molecule has 5 heteroatoms. The summed E-state index contributed by atoms with van der Waals surface area (Å²) in [7, 11) is 1.82. The lowest BCUT2D eigenvalue weighted by Gasteiger charge is -2.23. The minimum absolute atomic E-state index is 0.208. The molecule has 0 fully saturated rings. The van der Waals surface area contributed by atoms with Gasteiger partial charge in [0, 0.05) is 5.39 Å². The van der Waals surface area contributed by atoms with E-state index >= 15 is 0 Å². The smallest absolute Gasteiger partial charge is 0.151 e. The maximum absolute atomic E-state index is 13.2. The standard InChI is InChI=1S/C11H12FN3O/c1-13-11-10-8-6-7(12)2-3-9(8)14-15(10)4-5-16-11/h2-3,6,11,13H,4-5H2,1H3. The van der Waals surface area contributed by atoms with Gasteiger partial charge in [-0.25, -0.2) is 4.39 Å².